The van der Waals surface area contributed by atoms with Crippen LogP contribution in [0.5, 0.6) is 0 Å². The molecule has 0 aromatic heterocycles. The maximum absolute atomic E-state index is 10.8. The molecule has 0 aliphatic carbocycles. The molecule has 0 fully saturated rings. The summed E-state index contributed by atoms with van der Waals surface area (Å²) in [5.74, 6) is 0. The van der Waals surface area contributed by atoms with Crippen LogP contribution >= 0.6 is 0 Å². The van der Waals surface area contributed by atoms with E-state index in [9.17, 15) is 4.79 Å². The van der Waals surface area contributed by atoms with Crippen LogP contribution in [0.3, 0.4) is 0 Å². The molecular formula is C15H14O2. The molecule has 0 heterocycles. The van der Waals surface area contributed by atoms with Gasteiger partial charge in [-0.25, -0.2) is 0 Å². The average molecular weight is 226 g/mol. The van der Waals surface area contributed by atoms with Crippen LogP contribution in [0, 0.1) is 0 Å². The number of carbonyl (C=O) groups is 1. The van der Waals surface area contributed by atoms with Crippen molar-refractivity contribution < 1.29 is 9.53 Å². The van der Waals surface area contributed by atoms with Gasteiger partial charge in [0.2, 0.25) is 0 Å². The fraction of sp³-hybridized carbons (Fsp3) is 0.133. The van der Waals surface area contributed by atoms with E-state index in [1.165, 1.54) is 0 Å². The molecule has 2 aromatic carbocycles. The molecule has 0 bridgehead atoms. The lowest BCUT2D eigenvalue weighted by Gasteiger charge is -2.16. The molecule has 0 N–H and O–H groups in total. The summed E-state index contributed by atoms with van der Waals surface area (Å²) in [6, 6.07) is 17.4. The number of carbonyl (C=O) groups excluding carboxylic acids is 1. The summed E-state index contributed by atoms with van der Waals surface area (Å²) in [4.78, 5) is 10.8. The fourth-order valence-electron chi connectivity index (χ4n) is 1.89. The van der Waals surface area contributed by atoms with E-state index in [-0.39, 0.29) is 6.10 Å². The molecule has 17 heavy (non-hydrogen) atoms. The van der Waals surface area contributed by atoms with Crippen molar-refractivity contribution in [2.24, 2.45) is 0 Å². The largest absolute Gasteiger partial charge is 0.372 e. The quantitative estimate of drug-likeness (QED) is 0.748. The second-order valence-electron chi connectivity index (χ2n) is 3.81. The lowest BCUT2D eigenvalue weighted by Crippen LogP contribution is -2.03. The highest BCUT2D eigenvalue weighted by molar-refractivity contribution is 5.75. The molecule has 0 radical (unpaired) electrons. The van der Waals surface area contributed by atoms with Gasteiger partial charge in [0.15, 0.2) is 0 Å². The standard InChI is InChI=1S/C15H14O2/c1-17-15(13-7-3-2-4-8-13)14-9-5-6-12(10-14)11-16/h2-11,15H,1H3. The van der Waals surface area contributed by atoms with Crippen LogP contribution in [-0.2, 0) is 4.74 Å². The highest BCUT2D eigenvalue weighted by Crippen LogP contribution is 2.25. The highest BCUT2D eigenvalue weighted by Gasteiger charge is 2.12. The first-order valence-corrected chi connectivity index (χ1v) is 5.48. The number of ether oxygens (including phenoxy) is 1. The van der Waals surface area contributed by atoms with Crippen LogP contribution in [0.15, 0.2) is 54.6 Å². The van der Waals surface area contributed by atoms with Gasteiger partial charge in [-0.1, -0.05) is 48.5 Å². The minimum absolute atomic E-state index is 0.129. The molecule has 0 spiro atoms. The molecule has 0 aliphatic heterocycles. The lowest BCUT2D eigenvalue weighted by atomic mass is 10.00. The Balaban J connectivity index is 2.38. The van der Waals surface area contributed by atoms with Gasteiger partial charge in [-0.15, -0.1) is 0 Å². The van der Waals surface area contributed by atoms with Crippen molar-refractivity contribution >= 4 is 6.29 Å². The first kappa shape index (κ1) is 11.6. The van der Waals surface area contributed by atoms with Gasteiger partial charge in [-0.3, -0.25) is 4.79 Å². The normalized spacial score (nSPS) is 12.1. The Kier molecular flexibility index (Phi) is 3.68. The fourth-order valence-corrected chi connectivity index (χ4v) is 1.89. The van der Waals surface area contributed by atoms with Gasteiger partial charge >= 0.3 is 0 Å². The summed E-state index contributed by atoms with van der Waals surface area (Å²) in [5, 5.41) is 0. The van der Waals surface area contributed by atoms with E-state index in [0.717, 1.165) is 17.4 Å². The number of methoxy groups -OCH3 is 1. The van der Waals surface area contributed by atoms with E-state index in [1.807, 2.05) is 48.5 Å². The molecule has 0 saturated carbocycles. The topological polar surface area (TPSA) is 26.3 Å². The summed E-state index contributed by atoms with van der Waals surface area (Å²) in [6.45, 7) is 0. The predicted molar refractivity (Wildman–Crippen MR) is 67.1 cm³/mol. The Labute approximate surface area is 101 Å². The lowest BCUT2D eigenvalue weighted by molar-refractivity contribution is 0.112. The first-order chi connectivity index (χ1) is 8.35. The molecule has 1 atom stereocenters. The Morgan fingerprint density at radius 1 is 1.00 bits per heavy atom. The SMILES string of the molecule is COC(c1ccccc1)c1cccc(C=O)c1. The van der Waals surface area contributed by atoms with Crippen molar-refractivity contribution in [3.8, 4) is 0 Å². The van der Waals surface area contributed by atoms with E-state index < -0.39 is 0 Å². The number of hydrogen-bond acceptors (Lipinski definition) is 2. The van der Waals surface area contributed by atoms with E-state index in [0.29, 0.717) is 5.56 Å². The van der Waals surface area contributed by atoms with Crippen LogP contribution in [0.25, 0.3) is 0 Å². The van der Waals surface area contributed by atoms with Crippen LogP contribution in [0.1, 0.15) is 27.6 Å². The number of hydrogen-bond donors (Lipinski definition) is 0. The van der Waals surface area contributed by atoms with Gasteiger partial charge in [-0.2, -0.15) is 0 Å². The second-order valence-corrected chi connectivity index (χ2v) is 3.81. The molecule has 0 saturated heterocycles. The Bertz CT molecular complexity index is 491. The van der Waals surface area contributed by atoms with Gasteiger partial charge in [0.1, 0.15) is 12.4 Å². The van der Waals surface area contributed by atoms with Crippen LogP contribution in [0.2, 0.25) is 0 Å². The van der Waals surface area contributed by atoms with Gasteiger partial charge in [0.05, 0.1) is 0 Å². The zero-order valence-corrected chi connectivity index (χ0v) is 9.67. The van der Waals surface area contributed by atoms with Gasteiger partial charge in [0, 0.05) is 12.7 Å². The Morgan fingerprint density at radius 3 is 2.35 bits per heavy atom. The number of rotatable bonds is 4. The monoisotopic (exact) mass is 226 g/mol. The van der Waals surface area contributed by atoms with E-state index in [2.05, 4.69) is 0 Å². The molecule has 2 aromatic rings. The van der Waals surface area contributed by atoms with E-state index in [1.54, 1.807) is 13.2 Å². The molecule has 86 valence electrons. The predicted octanol–water partition coefficient (Wildman–Crippen LogP) is 3.23. The maximum atomic E-state index is 10.8. The first-order valence-electron chi connectivity index (χ1n) is 5.48. The molecule has 0 aliphatic rings. The summed E-state index contributed by atoms with van der Waals surface area (Å²) in [5.41, 5.74) is 2.74. The van der Waals surface area contributed by atoms with Crippen molar-refractivity contribution in [2.45, 2.75) is 6.10 Å². The van der Waals surface area contributed by atoms with Crippen molar-refractivity contribution in [1.29, 1.82) is 0 Å². The molecule has 2 nitrogen and oxygen atoms in total. The molecule has 1 unspecified atom stereocenters. The molecule has 2 rings (SSSR count). The van der Waals surface area contributed by atoms with Gasteiger partial charge < -0.3 is 4.74 Å². The summed E-state index contributed by atoms with van der Waals surface area (Å²) in [7, 11) is 1.67. The Hall–Kier alpha value is -1.93. The van der Waals surface area contributed by atoms with Crippen molar-refractivity contribution in [2.75, 3.05) is 7.11 Å². The van der Waals surface area contributed by atoms with Gasteiger partial charge in [-0.05, 0) is 17.2 Å². The van der Waals surface area contributed by atoms with Gasteiger partial charge in [0.25, 0.3) is 0 Å². The third-order valence-electron chi connectivity index (χ3n) is 2.69. The minimum Gasteiger partial charge on any atom is -0.372 e. The average Bonchev–Trinajstić information content (AvgIpc) is 2.41. The van der Waals surface area contributed by atoms with Crippen LogP contribution < -0.4 is 0 Å². The maximum Gasteiger partial charge on any atom is 0.150 e. The smallest absolute Gasteiger partial charge is 0.150 e. The van der Waals surface area contributed by atoms with Crippen molar-refractivity contribution in [3.63, 3.8) is 0 Å². The summed E-state index contributed by atoms with van der Waals surface area (Å²) in [6.07, 6.45) is 0.720. The van der Waals surface area contributed by atoms with Crippen molar-refractivity contribution in [1.82, 2.24) is 0 Å². The summed E-state index contributed by atoms with van der Waals surface area (Å²) < 4.78 is 5.51. The zero-order valence-electron chi connectivity index (χ0n) is 9.67. The van der Waals surface area contributed by atoms with Crippen molar-refractivity contribution in [3.05, 3.63) is 71.3 Å². The number of aldehydes is 1. The van der Waals surface area contributed by atoms with Crippen LogP contribution in [0.4, 0.5) is 0 Å². The van der Waals surface area contributed by atoms with E-state index in [4.69, 9.17) is 4.74 Å². The molecular weight excluding hydrogens is 212 g/mol. The third kappa shape index (κ3) is 2.60. The molecule has 0 amide bonds. The molecule has 2 heteroatoms. The third-order valence-corrected chi connectivity index (χ3v) is 2.69. The highest BCUT2D eigenvalue weighted by atomic mass is 16.5. The second kappa shape index (κ2) is 5.41. The number of benzene rings is 2. The zero-order chi connectivity index (χ0) is 12.1. The summed E-state index contributed by atoms with van der Waals surface area (Å²) >= 11 is 0. The van der Waals surface area contributed by atoms with Crippen LogP contribution in [-0.4, -0.2) is 13.4 Å². The Morgan fingerprint density at radius 2 is 1.71 bits per heavy atom. The minimum atomic E-state index is -0.129. The van der Waals surface area contributed by atoms with E-state index >= 15 is 0 Å².